The topological polar surface area (TPSA) is 154 Å². The lowest BCUT2D eigenvalue weighted by Crippen LogP contribution is -2.56. The van der Waals surface area contributed by atoms with Gasteiger partial charge in [-0.1, -0.05) is 48.5 Å². The number of esters is 1. The summed E-state index contributed by atoms with van der Waals surface area (Å²) in [6.07, 6.45) is 4.50. The number of carbonyl (C=O) groups is 4. The molecule has 0 radical (unpaired) electrons. The summed E-state index contributed by atoms with van der Waals surface area (Å²) in [4.78, 5) is 63.5. The number of carboxylic acid groups (broad SMARTS) is 1. The number of hydrogen-bond acceptors (Lipinski definition) is 9. The van der Waals surface area contributed by atoms with Crippen molar-refractivity contribution in [1.29, 1.82) is 0 Å². The Morgan fingerprint density at radius 1 is 0.667 bits per heavy atom. The Balaban J connectivity index is 0.000000208. The van der Waals surface area contributed by atoms with Crippen molar-refractivity contribution in [3.8, 4) is 0 Å². The molecule has 6 rings (SSSR count). The van der Waals surface area contributed by atoms with Gasteiger partial charge in [-0.2, -0.15) is 0 Å². The molecule has 0 aliphatic heterocycles. The van der Waals surface area contributed by atoms with Crippen molar-refractivity contribution in [1.82, 2.24) is 20.6 Å². The van der Waals surface area contributed by atoms with E-state index in [4.69, 9.17) is 4.74 Å². The number of amides is 2. The van der Waals surface area contributed by atoms with Crippen LogP contribution in [0.4, 0.5) is 11.4 Å². The van der Waals surface area contributed by atoms with E-state index < -0.39 is 28.9 Å². The molecule has 12 heteroatoms. The minimum atomic E-state index is -1.34. The number of anilines is 2. The number of benzene rings is 2. The standard InChI is InChI=1S/C22H27N3O3.C20H23N3O3/c1-5-28-21(27)22(13-16-9-6-7-10-17(16)14-22)24-20(26)19-18(11-8-12-23-19)25(4)15(2)3;1-13(2)23(3)16-9-6-10-21-17(16)18(24)22-20(19(25)26)11-14-7-4-5-8-15(14)12-20/h6-12,15H,5,13-14H2,1-4H3,(H,24,26);4-10,13H,11-12H2,1-3H3,(H,22,24)(H,25,26). The van der Waals surface area contributed by atoms with Gasteiger partial charge in [-0.25, -0.2) is 19.6 Å². The van der Waals surface area contributed by atoms with Gasteiger partial charge in [0.05, 0.1) is 18.0 Å². The minimum Gasteiger partial charge on any atom is -0.479 e. The number of pyridine rings is 2. The monoisotopic (exact) mass is 734 g/mol. The number of aromatic nitrogens is 2. The molecule has 0 unspecified atom stereocenters. The van der Waals surface area contributed by atoms with Crippen LogP contribution in [0.2, 0.25) is 0 Å². The fourth-order valence-corrected chi connectivity index (χ4v) is 6.90. The lowest BCUT2D eigenvalue weighted by molar-refractivity contribution is -0.150. The molecule has 54 heavy (non-hydrogen) atoms. The molecule has 0 saturated carbocycles. The molecule has 0 spiro atoms. The van der Waals surface area contributed by atoms with Crippen LogP contribution in [0.3, 0.4) is 0 Å². The van der Waals surface area contributed by atoms with E-state index in [1.807, 2.05) is 112 Å². The summed E-state index contributed by atoms with van der Waals surface area (Å²) in [7, 11) is 3.81. The number of ether oxygens (including phenoxy) is 1. The molecule has 0 bridgehead atoms. The van der Waals surface area contributed by atoms with E-state index in [9.17, 15) is 24.3 Å². The van der Waals surface area contributed by atoms with Gasteiger partial charge in [0.25, 0.3) is 11.8 Å². The molecular formula is C42H50N6O6. The van der Waals surface area contributed by atoms with Crippen LogP contribution in [-0.4, -0.2) is 82.7 Å². The average molecular weight is 735 g/mol. The smallest absolute Gasteiger partial charge is 0.332 e. The van der Waals surface area contributed by atoms with E-state index in [1.165, 1.54) is 0 Å². The first-order chi connectivity index (χ1) is 25.7. The first-order valence-electron chi connectivity index (χ1n) is 18.3. The van der Waals surface area contributed by atoms with Crippen LogP contribution in [0.1, 0.15) is 77.8 Å². The highest BCUT2D eigenvalue weighted by Gasteiger charge is 2.47. The maximum absolute atomic E-state index is 13.2. The maximum atomic E-state index is 13.2. The second-order valence-corrected chi connectivity index (χ2v) is 14.5. The Labute approximate surface area is 317 Å². The average Bonchev–Trinajstić information content (AvgIpc) is 3.74. The van der Waals surface area contributed by atoms with Crippen LogP contribution in [-0.2, 0) is 40.0 Å². The molecule has 3 N–H and O–H groups in total. The normalized spacial score (nSPS) is 14.6. The van der Waals surface area contributed by atoms with Crippen molar-refractivity contribution in [3.05, 3.63) is 119 Å². The number of rotatable bonds is 11. The molecule has 0 fully saturated rings. The molecule has 2 aliphatic carbocycles. The van der Waals surface area contributed by atoms with Crippen LogP contribution >= 0.6 is 0 Å². The van der Waals surface area contributed by atoms with Crippen LogP contribution in [0.5, 0.6) is 0 Å². The third kappa shape index (κ3) is 8.22. The van der Waals surface area contributed by atoms with Crippen molar-refractivity contribution >= 4 is 35.1 Å². The number of carbonyl (C=O) groups excluding carboxylic acids is 3. The second kappa shape index (κ2) is 16.5. The van der Waals surface area contributed by atoms with E-state index in [1.54, 1.807) is 31.5 Å². The molecule has 2 heterocycles. The van der Waals surface area contributed by atoms with Gasteiger partial charge in [-0.05, 0) is 81.1 Å². The summed E-state index contributed by atoms with van der Waals surface area (Å²) in [5.41, 5.74) is 3.51. The third-order valence-electron chi connectivity index (χ3n) is 10.3. The fraction of sp³-hybridized carbons (Fsp3) is 0.381. The molecule has 284 valence electrons. The number of fused-ring (bicyclic) bond motifs is 2. The van der Waals surface area contributed by atoms with Crippen LogP contribution in [0.25, 0.3) is 0 Å². The van der Waals surface area contributed by atoms with Gasteiger partial charge >= 0.3 is 11.9 Å². The van der Waals surface area contributed by atoms with Gasteiger partial charge in [0.2, 0.25) is 0 Å². The summed E-state index contributed by atoms with van der Waals surface area (Å²) in [5, 5.41) is 15.6. The summed E-state index contributed by atoms with van der Waals surface area (Å²) >= 11 is 0. The molecule has 2 amide bonds. The van der Waals surface area contributed by atoms with Crippen LogP contribution in [0.15, 0.2) is 85.2 Å². The number of nitrogens with one attached hydrogen (secondary N) is 2. The van der Waals surface area contributed by atoms with Crippen LogP contribution in [0, 0.1) is 0 Å². The largest absolute Gasteiger partial charge is 0.479 e. The second-order valence-electron chi connectivity index (χ2n) is 14.5. The predicted octanol–water partition coefficient (Wildman–Crippen LogP) is 5.03. The van der Waals surface area contributed by atoms with E-state index in [0.717, 1.165) is 27.9 Å². The molecule has 0 atom stereocenters. The lowest BCUT2D eigenvalue weighted by Gasteiger charge is -2.29. The molecule has 2 aromatic heterocycles. The Morgan fingerprint density at radius 2 is 1.04 bits per heavy atom. The molecule has 12 nitrogen and oxygen atoms in total. The van der Waals surface area contributed by atoms with E-state index in [-0.39, 0.29) is 43.1 Å². The van der Waals surface area contributed by atoms with Gasteiger partial charge in [0.1, 0.15) is 11.1 Å². The van der Waals surface area contributed by atoms with E-state index in [0.29, 0.717) is 24.2 Å². The summed E-state index contributed by atoms with van der Waals surface area (Å²) in [6, 6.07) is 23.1. The molecule has 4 aromatic rings. The Hall–Kier alpha value is -5.78. The van der Waals surface area contributed by atoms with Gasteiger partial charge in [0.15, 0.2) is 11.4 Å². The first-order valence-corrected chi connectivity index (χ1v) is 18.3. The van der Waals surface area contributed by atoms with Crippen molar-refractivity contribution < 1.29 is 29.0 Å². The van der Waals surface area contributed by atoms with Crippen LogP contribution < -0.4 is 20.4 Å². The van der Waals surface area contributed by atoms with Crippen molar-refractivity contribution in [2.45, 2.75) is 83.5 Å². The van der Waals surface area contributed by atoms with Gasteiger partial charge in [-0.15, -0.1) is 0 Å². The Kier molecular flexibility index (Phi) is 12.0. The molecule has 2 aromatic carbocycles. The van der Waals surface area contributed by atoms with E-state index >= 15 is 0 Å². The molecule has 0 saturated heterocycles. The zero-order valence-electron chi connectivity index (χ0n) is 32.1. The lowest BCUT2D eigenvalue weighted by atomic mass is 9.95. The van der Waals surface area contributed by atoms with E-state index in [2.05, 4.69) is 20.6 Å². The Morgan fingerprint density at radius 3 is 1.39 bits per heavy atom. The quantitative estimate of drug-likeness (QED) is 0.179. The minimum absolute atomic E-state index is 0.176. The fourth-order valence-electron chi connectivity index (χ4n) is 6.90. The summed E-state index contributed by atoms with van der Waals surface area (Å²) < 4.78 is 5.33. The molecular weight excluding hydrogens is 684 g/mol. The van der Waals surface area contributed by atoms with Crippen molar-refractivity contribution in [2.75, 3.05) is 30.5 Å². The van der Waals surface area contributed by atoms with Gasteiger partial charge in [0, 0.05) is 64.3 Å². The highest BCUT2D eigenvalue weighted by Crippen LogP contribution is 2.33. The predicted molar refractivity (Wildman–Crippen MR) is 208 cm³/mol. The Bertz CT molecular complexity index is 1960. The van der Waals surface area contributed by atoms with Crippen molar-refractivity contribution in [3.63, 3.8) is 0 Å². The summed E-state index contributed by atoms with van der Waals surface area (Å²) in [5.74, 6) is -2.28. The maximum Gasteiger partial charge on any atom is 0.332 e. The molecule has 2 aliphatic rings. The zero-order chi connectivity index (χ0) is 39.2. The first kappa shape index (κ1) is 39.4. The zero-order valence-corrected chi connectivity index (χ0v) is 32.1. The van der Waals surface area contributed by atoms with Gasteiger partial charge in [-0.3, -0.25) is 9.59 Å². The SMILES string of the molecule is CC(C)N(C)c1cccnc1C(=O)NC1(C(=O)O)Cc2ccccc2C1.CCOC(=O)C1(NC(=O)c2ncccc2N(C)C(C)C)Cc2ccccc2C1. The number of hydrogen-bond donors (Lipinski definition) is 3. The number of nitrogens with zero attached hydrogens (tertiary/aromatic N) is 4. The summed E-state index contributed by atoms with van der Waals surface area (Å²) in [6.45, 7) is 10.1. The highest BCUT2D eigenvalue weighted by molar-refractivity contribution is 6.02. The van der Waals surface area contributed by atoms with Gasteiger partial charge < -0.3 is 30.3 Å². The van der Waals surface area contributed by atoms with Crippen molar-refractivity contribution in [2.24, 2.45) is 0 Å². The number of aliphatic carboxylic acids is 1. The number of carboxylic acids is 1. The highest BCUT2D eigenvalue weighted by atomic mass is 16.5. The third-order valence-corrected chi connectivity index (χ3v) is 10.3.